The maximum absolute atomic E-state index is 5.95. The Balaban J connectivity index is 2.20. The van der Waals surface area contributed by atoms with Crippen molar-refractivity contribution < 1.29 is 4.74 Å². The molecule has 0 amide bonds. The van der Waals surface area contributed by atoms with Crippen LogP contribution >= 0.6 is 0 Å². The van der Waals surface area contributed by atoms with Gasteiger partial charge in [-0.25, -0.2) is 0 Å². The Hall–Kier alpha value is -1.97. The van der Waals surface area contributed by atoms with Crippen molar-refractivity contribution in [3.8, 4) is 17.0 Å². The molecule has 0 radical (unpaired) electrons. The van der Waals surface area contributed by atoms with Crippen molar-refractivity contribution >= 4 is 5.69 Å². The third-order valence-corrected chi connectivity index (χ3v) is 2.71. The van der Waals surface area contributed by atoms with Crippen LogP contribution < -0.4 is 10.5 Å². The Morgan fingerprint density at radius 1 is 1.22 bits per heavy atom. The van der Waals surface area contributed by atoms with Gasteiger partial charge in [-0.15, -0.1) is 0 Å². The Kier molecular flexibility index (Phi) is 3.87. The van der Waals surface area contributed by atoms with Crippen LogP contribution in [0.3, 0.4) is 0 Å². The first kappa shape index (κ1) is 12.5. The SMILES string of the molecule is CCCOc1ccc(-c2nn(CC)cc2N)cc1. The molecular formula is C14H19N3O. The maximum atomic E-state index is 5.95. The lowest BCUT2D eigenvalue weighted by atomic mass is 10.1. The smallest absolute Gasteiger partial charge is 0.119 e. The summed E-state index contributed by atoms with van der Waals surface area (Å²) in [6.07, 6.45) is 2.87. The van der Waals surface area contributed by atoms with Crippen LogP contribution in [0.25, 0.3) is 11.3 Å². The molecule has 2 rings (SSSR count). The van der Waals surface area contributed by atoms with E-state index in [0.29, 0.717) is 5.69 Å². The minimum absolute atomic E-state index is 0.707. The number of hydrogen-bond acceptors (Lipinski definition) is 3. The van der Waals surface area contributed by atoms with Crippen LogP contribution in [0.5, 0.6) is 5.75 Å². The Labute approximate surface area is 107 Å². The fourth-order valence-corrected chi connectivity index (χ4v) is 1.75. The van der Waals surface area contributed by atoms with E-state index in [4.69, 9.17) is 10.5 Å². The lowest BCUT2D eigenvalue weighted by molar-refractivity contribution is 0.317. The van der Waals surface area contributed by atoms with Crippen LogP contribution in [0.2, 0.25) is 0 Å². The zero-order chi connectivity index (χ0) is 13.0. The number of benzene rings is 1. The summed E-state index contributed by atoms with van der Waals surface area (Å²) in [6, 6.07) is 7.89. The zero-order valence-electron chi connectivity index (χ0n) is 10.9. The molecule has 2 N–H and O–H groups in total. The number of rotatable bonds is 5. The summed E-state index contributed by atoms with van der Waals surface area (Å²) in [5.74, 6) is 0.883. The second kappa shape index (κ2) is 5.58. The van der Waals surface area contributed by atoms with Gasteiger partial charge in [-0.05, 0) is 37.6 Å². The van der Waals surface area contributed by atoms with E-state index in [1.165, 1.54) is 0 Å². The van der Waals surface area contributed by atoms with Crippen molar-refractivity contribution in [3.63, 3.8) is 0 Å². The van der Waals surface area contributed by atoms with Gasteiger partial charge in [-0.1, -0.05) is 6.92 Å². The van der Waals surface area contributed by atoms with E-state index in [2.05, 4.69) is 12.0 Å². The second-order valence-electron chi connectivity index (χ2n) is 4.16. The predicted molar refractivity (Wildman–Crippen MR) is 73.5 cm³/mol. The van der Waals surface area contributed by atoms with Crippen LogP contribution in [0.4, 0.5) is 5.69 Å². The number of nitrogens with zero attached hydrogens (tertiary/aromatic N) is 2. The van der Waals surface area contributed by atoms with Crippen LogP contribution in [0, 0.1) is 0 Å². The predicted octanol–water partition coefficient (Wildman–Crippen LogP) is 2.94. The highest BCUT2D eigenvalue weighted by molar-refractivity contribution is 5.72. The number of ether oxygens (including phenoxy) is 1. The lowest BCUT2D eigenvalue weighted by Crippen LogP contribution is -1.95. The molecule has 1 aromatic heterocycles. The fraction of sp³-hybridized carbons (Fsp3) is 0.357. The maximum Gasteiger partial charge on any atom is 0.119 e. The molecule has 0 fully saturated rings. The number of aromatic nitrogens is 2. The number of aryl methyl sites for hydroxylation is 1. The van der Waals surface area contributed by atoms with E-state index >= 15 is 0 Å². The van der Waals surface area contributed by atoms with Gasteiger partial charge in [0.25, 0.3) is 0 Å². The minimum atomic E-state index is 0.707. The van der Waals surface area contributed by atoms with Crippen LogP contribution in [-0.4, -0.2) is 16.4 Å². The van der Waals surface area contributed by atoms with Gasteiger partial charge in [0, 0.05) is 18.3 Å². The van der Waals surface area contributed by atoms with E-state index in [0.717, 1.165) is 36.6 Å². The van der Waals surface area contributed by atoms with Crippen molar-refractivity contribution in [1.29, 1.82) is 0 Å². The second-order valence-corrected chi connectivity index (χ2v) is 4.16. The minimum Gasteiger partial charge on any atom is -0.494 e. The molecule has 96 valence electrons. The van der Waals surface area contributed by atoms with Gasteiger partial charge in [0.1, 0.15) is 11.4 Å². The number of nitrogens with two attached hydrogens (primary N) is 1. The van der Waals surface area contributed by atoms with Gasteiger partial charge in [0.2, 0.25) is 0 Å². The topological polar surface area (TPSA) is 53.1 Å². The van der Waals surface area contributed by atoms with E-state index in [-0.39, 0.29) is 0 Å². The van der Waals surface area contributed by atoms with Crippen LogP contribution in [-0.2, 0) is 6.54 Å². The third kappa shape index (κ3) is 2.64. The molecule has 2 aromatic rings. The Morgan fingerprint density at radius 2 is 1.94 bits per heavy atom. The molecule has 0 aliphatic rings. The van der Waals surface area contributed by atoms with E-state index in [9.17, 15) is 0 Å². The lowest BCUT2D eigenvalue weighted by Gasteiger charge is -2.05. The molecule has 4 nitrogen and oxygen atoms in total. The summed E-state index contributed by atoms with van der Waals surface area (Å²) in [5.41, 5.74) is 8.51. The first-order valence-corrected chi connectivity index (χ1v) is 6.30. The quantitative estimate of drug-likeness (QED) is 0.881. The molecule has 0 unspecified atom stereocenters. The standard InChI is InChI=1S/C14H19N3O/c1-3-9-18-12-7-5-11(6-8-12)14-13(15)10-17(4-2)16-14/h5-8,10H,3-4,9,15H2,1-2H3. The van der Waals surface area contributed by atoms with Gasteiger partial charge in [-0.2, -0.15) is 5.10 Å². The van der Waals surface area contributed by atoms with Crippen LogP contribution in [0.1, 0.15) is 20.3 Å². The molecule has 1 aromatic carbocycles. The molecule has 0 aliphatic heterocycles. The molecule has 1 heterocycles. The fourth-order valence-electron chi connectivity index (χ4n) is 1.75. The molecular weight excluding hydrogens is 226 g/mol. The highest BCUT2D eigenvalue weighted by Gasteiger charge is 2.07. The molecule has 0 saturated heterocycles. The summed E-state index contributed by atoms with van der Waals surface area (Å²) < 4.78 is 7.39. The van der Waals surface area contributed by atoms with Crippen molar-refractivity contribution in [1.82, 2.24) is 9.78 Å². The first-order chi connectivity index (χ1) is 8.74. The normalized spacial score (nSPS) is 10.6. The number of nitrogen functional groups attached to an aromatic ring is 1. The van der Waals surface area contributed by atoms with E-state index < -0.39 is 0 Å². The number of hydrogen-bond donors (Lipinski definition) is 1. The van der Waals surface area contributed by atoms with E-state index in [1.807, 2.05) is 42.1 Å². The summed E-state index contributed by atoms with van der Waals surface area (Å²) in [5, 5.41) is 4.44. The van der Waals surface area contributed by atoms with Crippen molar-refractivity contribution in [3.05, 3.63) is 30.5 Å². The first-order valence-electron chi connectivity index (χ1n) is 6.30. The Morgan fingerprint density at radius 3 is 2.50 bits per heavy atom. The van der Waals surface area contributed by atoms with Crippen LogP contribution in [0.15, 0.2) is 30.5 Å². The van der Waals surface area contributed by atoms with E-state index in [1.54, 1.807) is 0 Å². The molecule has 0 atom stereocenters. The highest BCUT2D eigenvalue weighted by Crippen LogP contribution is 2.25. The highest BCUT2D eigenvalue weighted by atomic mass is 16.5. The van der Waals surface area contributed by atoms with Gasteiger partial charge >= 0.3 is 0 Å². The van der Waals surface area contributed by atoms with Crippen molar-refractivity contribution in [2.45, 2.75) is 26.8 Å². The van der Waals surface area contributed by atoms with Gasteiger partial charge in [-0.3, -0.25) is 4.68 Å². The monoisotopic (exact) mass is 245 g/mol. The molecule has 18 heavy (non-hydrogen) atoms. The average Bonchev–Trinajstić information content (AvgIpc) is 2.78. The van der Waals surface area contributed by atoms with Crippen molar-refractivity contribution in [2.75, 3.05) is 12.3 Å². The summed E-state index contributed by atoms with van der Waals surface area (Å²) >= 11 is 0. The van der Waals surface area contributed by atoms with Gasteiger partial charge in [0.15, 0.2) is 0 Å². The summed E-state index contributed by atoms with van der Waals surface area (Å²) in [6.45, 7) is 5.69. The molecule has 0 bridgehead atoms. The third-order valence-electron chi connectivity index (χ3n) is 2.71. The summed E-state index contributed by atoms with van der Waals surface area (Å²) in [7, 11) is 0. The average molecular weight is 245 g/mol. The molecule has 0 aliphatic carbocycles. The summed E-state index contributed by atoms with van der Waals surface area (Å²) in [4.78, 5) is 0. The molecule has 0 saturated carbocycles. The van der Waals surface area contributed by atoms with Gasteiger partial charge < -0.3 is 10.5 Å². The zero-order valence-corrected chi connectivity index (χ0v) is 10.9. The van der Waals surface area contributed by atoms with Crippen molar-refractivity contribution in [2.24, 2.45) is 0 Å². The number of anilines is 1. The Bertz CT molecular complexity index is 502. The van der Waals surface area contributed by atoms with Gasteiger partial charge in [0.05, 0.1) is 12.3 Å². The molecule has 4 heteroatoms. The molecule has 0 spiro atoms. The largest absolute Gasteiger partial charge is 0.494 e.